The number of aromatic nitrogens is 3. The van der Waals surface area contributed by atoms with Crippen molar-refractivity contribution in [2.24, 2.45) is 0 Å². The highest BCUT2D eigenvalue weighted by atomic mass is 14.9. The van der Waals surface area contributed by atoms with Crippen molar-refractivity contribution < 1.29 is 0 Å². The monoisotopic (exact) mass is 268 g/mol. The van der Waals surface area contributed by atoms with Crippen LogP contribution in [0.4, 0.5) is 0 Å². The lowest BCUT2D eigenvalue weighted by Gasteiger charge is -2.16. The van der Waals surface area contributed by atoms with Crippen LogP contribution in [0.2, 0.25) is 0 Å². The molecule has 1 aliphatic carbocycles. The van der Waals surface area contributed by atoms with Crippen molar-refractivity contribution in [3.8, 4) is 11.5 Å². The Hall–Kier alpha value is -1.81. The first-order valence-corrected chi connectivity index (χ1v) is 7.24. The maximum absolute atomic E-state index is 4.77. The molecule has 0 fully saturated rings. The van der Waals surface area contributed by atoms with Gasteiger partial charge in [0.25, 0.3) is 0 Å². The predicted molar refractivity (Wildman–Crippen MR) is 79.4 cm³/mol. The number of nitrogens with one attached hydrogen (secondary N) is 1. The molecule has 0 aromatic carbocycles. The maximum Gasteiger partial charge on any atom is 0.178 e. The van der Waals surface area contributed by atoms with Crippen LogP contribution in [0.15, 0.2) is 24.5 Å². The molecule has 0 saturated heterocycles. The molecule has 2 heterocycles. The Bertz CT molecular complexity index is 609. The molecule has 104 valence electrons. The van der Waals surface area contributed by atoms with Crippen LogP contribution in [0.25, 0.3) is 11.5 Å². The number of fused-ring (bicyclic) bond motifs is 1. The second kappa shape index (κ2) is 5.67. The van der Waals surface area contributed by atoms with Gasteiger partial charge in [0.05, 0.1) is 0 Å². The molecule has 0 amide bonds. The third kappa shape index (κ3) is 2.56. The number of aryl methyl sites for hydroxylation is 2. The third-order valence-electron chi connectivity index (χ3n) is 3.92. The van der Waals surface area contributed by atoms with Crippen molar-refractivity contribution >= 4 is 0 Å². The molecular weight excluding hydrogens is 248 g/mol. The van der Waals surface area contributed by atoms with E-state index in [1.54, 1.807) is 0 Å². The number of nitrogens with zero attached hydrogens (tertiary/aromatic N) is 3. The van der Waals surface area contributed by atoms with E-state index in [-0.39, 0.29) is 0 Å². The van der Waals surface area contributed by atoms with E-state index in [0.29, 0.717) is 6.04 Å². The van der Waals surface area contributed by atoms with Gasteiger partial charge < -0.3 is 5.32 Å². The van der Waals surface area contributed by atoms with Crippen LogP contribution < -0.4 is 5.32 Å². The average molecular weight is 268 g/mol. The van der Waals surface area contributed by atoms with Gasteiger partial charge in [-0.3, -0.25) is 4.98 Å². The minimum absolute atomic E-state index is 0.381. The largest absolute Gasteiger partial charge is 0.313 e. The standard InChI is InChI=1S/C16H20N4/c1-11-7-8-18-15(9-11)16-19-10-12-13(17-2)5-3-4-6-14(12)20-16/h7-10,13,17H,3-6H2,1-2H3. The van der Waals surface area contributed by atoms with Crippen LogP contribution >= 0.6 is 0 Å². The van der Waals surface area contributed by atoms with Crippen molar-refractivity contribution in [2.75, 3.05) is 7.05 Å². The van der Waals surface area contributed by atoms with Gasteiger partial charge in [0.1, 0.15) is 5.69 Å². The SMILES string of the molecule is CNC1CCCCc2nc(-c3cc(C)ccn3)ncc21. The van der Waals surface area contributed by atoms with Crippen molar-refractivity contribution in [2.45, 2.75) is 38.6 Å². The maximum atomic E-state index is 4.77. The highest BCUT2D eigenvalue weighted by molar-refractivity contribution is 5.50. The summed E-state index contributed by atoms with van der Waals surface area (Å²) in [6, 6.07) is 4.41. The lowest BCUT2D eigenvalue weighted by molar-refractivity contribution is 0.532. The van der Waals surface area contributed by atoms with Crippen molar-refractivity contribution in [1.82, 2.24) is 20.3 Å². The normalized spacial score (nSPS) is 18.4. The zero-order valence-corrected chi connectivity index (χ0v) is 12.1. The average Bonchev–Trinajstić information content (AvgIpc) is 2.68. The fraction of sp³-hybridized carbons (Fsp3) is 0.438. The lowest BCUT2D eigenvalue weighted by atomic mass is 10.1. The first-order valence-electron chi connectivity index (χ1n) is 7.24. The molecule has 4 nitrogen and oxygen atoms in total. The summed E-state index contributed by atoms with van der Waals surface area (Å²) in [6.07, 6.45) is 8.43. The van der Waals surface area contributed by atoms with Gasteiger partial charge in [-0.05, 0) is 50.9 Å². The predicted octanol–water partition coefficient (Wildman–Crippen LogP) is 2.83. The van der Waals surface area contributed by atoms with Crippen LogP contribution in [0, 0.1) is 6.92 Å². The summed E-state index contributed by atoms with van der Waals surface area (Å²) in [5, 5.41) is 3.37. The topological polar surface area (TPSA) is 50.7 Å². The van der Waals surface area contributed by atoms with Crippen molar-refractivity contribution in [1.29, 1.82) is 0 Å². The van der Waals surface area contributed by atoms with E-state index < -0.39 is 0 Å². The van der Waals surface area contributed by atoms with Gasteiger partial charge in [0.15, 0.2) is 5.82 Å². The summed E-state index contributed by atoms with van der Waals surface area (Å²) < 4.78 is 0. The molecule has 2 aromatic rings. The number of hydrogen-bond donors (Lipinski definition) is 1. The Morgan fingerprint density at radius 1 is 1.25 bits per heavy atom. The zero-order valence-electron chi connectivity index (χ0n) is 12.1. The van der Waals surface area contributed by atoms with Gasteiger partial charge in [-0.2, -0.15) is 0 Å². The molecule has 0 saturated carbocycles. The molecule has 0 radical (unpaired) electrons. The molecule has 1 N–H and O–H groups in total. The Morgan fingerprint density at radius 3 is 2.95 bits per heavy atom. The van der Waals surface area contributed by atoms with Crippen LogP contribution in [0.5, 0.6) is 0 Å². The molecule has 1 unspecified atom stereocenters. The van der Waals surface area contributed by atoms with Crippen LogP contribution in [-0.2, 0) is 6.42 Å². The van der Waals surface area contributed by atoms with Gasteiger partial charge in [-0.15, -0.1) is 0 Å². The minimum atomic E-state index is 0.381. The summed E-state index contributed by atoms with van der Waals surface area (Å²) in [5.74, 6) is 0.740. The van der Waals surface area contributed by atoms with Crippen LogP contribution in [-0.4, -0.2) is 22.0 Å². The Balaban J connectivity index is 2.02. The van der Waals surface area contributed by atoms with Crippen molar-refractivity contribution in [3.63, 3.8) is 0 Å². The second-order valence-corrected chi connectivity index (χ2v) is 5.40. The number of pyridine rings is 1. The molecule has 3 rings (SSSR count). The Kier molecular flexibility index (Phi) is 3.74. The minimum Gasteiger partial charge on any atom is -0.313 e. The molecule has 0 aliphatic heterocycles. The third-order valence-corrected chi connectivity index (χ3v) is 3.92. The van der Waals surface area contributed by atoms with Crippen LogP contribution in [0.3, 0.4) is 0 Å². The quantitative estimate of drug-likeness (QED) is 0.851. The number of rotatable bonds is 2. The second-order valence-electron chi connectivity index (χ2n) is 5.40. The summed E-state index contributed by atoms with van der Waals surface area (Å²) in [4.78, 5) is 13.7. The lowest BCUT2D eigenvalue weighted by Crippen LogP contribution is -2.17. The summed E-state index contributed by atoms with van der Waals surface area (Å²) in [5.41, 5.74) is 4.47. The van der Waals surface area contributed by atoms with E-state index in [0.717, 1.165) is 24.4 Å². The summed E-state index contributed by atoms with van der Waals surface area (Å²) in [6.45, 7) is 2.06. The molecule has 1 aliphatic rings. The summed E-state index contributed by atoms with van der Waals surface area (Å²) >= 11 is 0. The molecule has 1 atom stereocenters. The zero-order chi connectivity index (χ0) is 13.9. The van der Waals surface area contributed by atoms with E-state index in [4.69, 9.17) is 4.98 Å². The highest BCUT2D eigenvalue weighted by Gasteiger charge is 2.19. The Labute approximate surface area is 119 Å². The van der Waals surface area contributed by atoms with Gasteiger partial charge in [-0.1, -0.05) is 6.42 Å². The van der Waals surface area contributed by atoms with Gasteiger partial charge in [-0.25, -0.2) is 9.97 Å². The first kappa shape index (κ1) is 13.2. The van der Waals surface area contributed by atoms with E-state index in [1.807, 2.05) is 31.6 Å². The fourth-order valence-corrected chi connectivity index (χ4v) is 2.80. The summed E-state index contributed by atoms with van der Waals surface area (Å²) in [7, 11) is 2.01. The van der Waals surface area contributed by atoms with Crippen molar-refractivity contribution in [3.05, 3.63) is 41.3 Å². The first-order chi connectivity index (χ1) is 9.78. The van der Waals surface area contributed by atoms with E-state index in [1.165, 1.54) is 29.7 Å². The van der Waals surface area contributed by atoms with E-state index in [9.17, 15) is 0 Å². The van der Waals surface area contributed by atoms with Crippen LogP contribution in [0.1, 0.15) is 42.1 Å². The van der Waals surface area contributed by atoms with E-state index in [2.05, 4.69) is 22.2 Å². The van der Waals surface area contributed by atoms with E-state index >= 15 is 0 Å². The van der Waals surface area contributed by atoms with Gasteiger partial charge in [0.2, 0.25) is 0 Å². The highest BCUT2D eigenvalue weighted by Crippen LogP contribution is 2.28. The van der Waals surface area contributed by atoms with Gasteiger partial charge in [0, 0.05) is 29.7 Å². The molecular formula is C16H20N4. The molecule has 20 heavy (non-hydrogen) atoms. The van der Waals surface area contributed by atoms with Gasteiger partial charge >= 0.3 is 0 Å². The fourth-order valence-electron chi connectivity index (χ4n) is 2.80. The molecule has 0 spiro atoms. The smallest absolute Gasteiger partial charge is 0.178 e. The molecule has 2 aromatic heterocycles. The molecule has 0 bridgehead atoms. The molecule has 4 heteroatoms. The number of hydrogen-bond acceptors (Lipinski definition) is 4. The Morgan fingerprint density at radius 2 is 2.15 bits per heavy atom.